The summed E-state index contributed by atoms with van der Waals surface area (Å²) >= 11 is 9.15. The van der Waals surface area contributed by atoms with Crippen LogP contribution in [0.4, 0.5) is 4.39 Å². The summed E-state index contributed by atoms with van der Waals surface area (Å²) in [5.41, 5.74) is 0.375. The molecule has 0 N–H and O–H groups in total. The van der Waals surface area contributed by atoms with Crippen molar-refractivity contribution in [1.29, 1.82) is 0 Å². The third-order valence-electron chi connectivity index (χ3n) is 2.46. The lowest BCUT2D eigenvalue weighted by Gasteiger charge is -2.19. The Balaban J connectivity index is 2.63. The zero-order chi connectivity index (χ0) is 13.5. The van der Waals surface area contributed by atoms with Crippen molar-refractivity contribution >= 4 is 27.5 Å². The van der Waals surface area contributed by atoms with E-state index in [0.717, 1.165) is 0 Å². The second-order valence-electron chi connectivity index (χ2n) is 4.98. The fourth-order valence-corrected chi connectivity index (χ4v) is 2.07. The van der Waals surface area contributed by atoms with E-state index < -0.39 is 0 Å². The van der Waals surface area contributed by atoms with Crippen LogP contribution in [0.5, 0.6) is 0 Å². The summed E-state index contributed by atoms with van der Waals surface area (Å²) in [6.07, 6.45) is 0. The lowest BCUT2D eigenvalue weighted by atomic mass is 9.95. The molecule has 0 saturated carbocycles. The molecule has 0 bridgehead atoms. The molecule has 0 aliphatic rings. The average molecular weight is 333 g/mol. The zero-order valence-corrected chi connectivity index (χ0v) is 12.5. The van der Waals surface area contributed by atoms with Gasteiger partial charge < -0.3 is 0 Å². The fraction of sp³-hybridized carbons (Fsp3) is 0.333. The fourth-order valence-electron chi connectivity index (χ4n) is 1.60. The summed E-state index contributed by atoms with van der Waals surface area (Å²) < 4.78 is 15.6. The van der Waals surface area contributed by atoms with Gasteiger partial charge in [0.1, 0.15) is 11.6 Å². The van der Waals surface area contributed by atoms with Gasteiger partial charge in [-0.05, 0) is 45.7 Å². The van der Waals surface area contributed by atoms with Crippen molar-refractivity contribution in [2.45, 2.75) is 26.2 Å². The number of aromatic nitrogens is 3. The molecule has 2 aromatic rings. The molecule has 1 heterocycles. The topological polar surface area (TPSA) is 30.7 Å². The van der Waals surface area contributed by atoms with Crippen LogP contribution in [0.15, 0.2) is 22.7 Å². The van der Waals surface area contributed by atoms with E-state index in [-0.39, 0.29) is 16.5 Å². The summed E-state index contributed by atoms with van der Waals surface area (Å²) in [7, 11) is 0. The van der Waals surface area contributed by atoms with Crippen LogP contribution in [-0.2, 0) is 5.41 Å². The minimum atomic E-state index is -0.350. The van der Waals surface area contributed by atoms with Crippen molar-refractivity contribution in [3.8, 4) is 5.69 Å². The van der Waals surface area contributed by atoms with E-state index in [1.165, 1.54) is 6.07 Å². The van der Waals surface area contributed by atoms with E-state index >= 15 is 0 Å². The van der Waals surface area contributed by atoms with Crippen LogP contribution in [0.2, 0.25) is 5.28 Å². The van der Waals surface area contributed by atoms with Crippen molar-refractivity contribution in [3.05, 3.63) is 39.6 Å². The third kappa shape index (κ3) is 2.42. The Kier molecular flexibility index (Phi) is 3.47. The van der Waals surface area contributed by atoms with Crippen molar-refractivity contribution < 1.29 is 4.39 Å². The average Bonchev–Trinajstić information content (AvgIpc) is 2.64. The van der Waals surface area contributed by atoms with Gasteiger partial charge in [0.2, 0.25) is 5.28 Å². The molecular weight excluding hydrogens is 321 g/mol. The van der Waals surface area contributed by atoms with Gasteiger partial charge in [0.05, 0.1) is 10.2 Å². The van der Waals surface area contributed by atoms with Crippen molar-refractivity contribution in [3.63, 3.8) is 0 Å². The Morgan fingerprint density at radius 2 is 1.94 bits per heavy atom. The number of halogens is 3. The Morgan fingerprint density at radius 1 is 1.28 bits per heavy atom. The molecular formula is C12H12BrClFN3. The molecule has 0 aliphatic heterocycles. The van der Waals surface area contributed by atoms with Crippen molar-refractivity contribution in [1.82, 2.24) is 14.8 Å². The Morgan fingerprint density at radius 3 is 2.50 bits per heavy atom. The first-order valence-corrected chi connectivity index (χ1v) is 6.54. The first kappa shape index (κ1) is 13.5. The Labute approximate surface area is 118 Å². The van der Waals surface area contributed by atoms with Crippen molar-refractivity contribution in [2.24, 2.45) is 0 Å². The van der Waals surface area contributed by atoms with Crippen LogP contribution in [-0.4, -0.2) is 14.8 Å². The Bertz CT molecular complexity index is 589. The second kappa shape index (κ2) is 4.63. The zero-order valence-electron chi connectivity index (χ0n) is 10.2. The third-order valence-corrected chi connectivity index (χ3v) is 3.34. The highest BCUT2D eigenvalue weighted by atomic mass is 79.9. The first-order chi connectivity index (χ1) is 8.30. The summed E-state index contributed by atoms with van der Waals surface area (Å²) in [6, 6.07) is 4.79. The predicted octanol–water partition coefficient (Wildman–Crippen LogP) is 4.12. The van der Waals surface area contributed by atoms with Crippen LogP contribution in [0.1, 0.15) is 26.6 Å². The summed E-state index contributed by atoms with van der Waals surface area (Å²) in [4.78, 5) is 0. The van der Waals surface area contributed by atoms with Gasteiger partial charge in [-0.1, -0.05) is 20.8 Å². The summed E-state index contributed by atoms with van der Waals surface area (Å²) in [5, 5.41) is 8.14. The van der Waals surface area contributed by atoms with Gasteiger partial charge in [0.15, 0.2) is 0 Å². The molecule has 1 aromatic carbocycles. The molecule has 1 aromatic heterocycles. The highest BCUT2D eigenvalue weighted by Gasteiger charge is 2.24. The molecule has 0 fully saturated rings. The molecule has 0 spiro atoms. The standard InChI is InChI=1S/C12H12BrClFN3/c1-12(2,3)10-16-17-11(14)18(10)7-4-5-8(13)9(15)6-7/h4-6H,1-3H3. The van der Waals surface area contributed by atoms with Crippen LogP contribution < -0.4 is 0 Å². The van der Waals surface area contributed by atoms with E-state index in [4.69, 9.17) is 11.6 Å². The lowest BCUT2D eigenvalue weighted by molar-refractivity contribution is 0.532. The SMILES string of the molecule is CC(C)(C)c1nnc(Cl)n1-c1ccc(Br)c(F)c1. The van der Waals surface area contributed by atoms with E-state index in [1.54, 1.807) is 16.7 Å². The maximum atomic E-state index is 13.6. The molecule has 0 radical (unpaired) electrons. The van der Waals surface area contributed by atoms with Gasteiger partial charge in [0, 0.05) is 5.41 Å². The Hall–Kier alpha value is -0.940. The molecule has 3 nitrogen and oxygen atoms in total. The quantitative estimate of drug-likeness (QED) is 0.786. The van der Waals surface area contributed by atoms with Crippen LogP contribution in [0.3, 0.4) is 0 Å². The van der Waals surface area contributed by atoms with Gasteiger partial charge in [-0.2, -0.15) is 0 Å². The van der Waals surface area contributed by atoms with Gasteiger partial charge in [-0.15, -0.1) is 10.2 Å². The first-order valence-electron chi connectivity index (χ1n) is 5.37. The molecule has 0 atom stereocenters. The number of rotatable bonds is 1. The number of benzene rings is 1. The molecule has 2 rings (SSSR count). The van der Waals surface area contributed by atoms with Crippen LogP contribution >= 0.6 is 27.5 Å². The lowest BCUT2D eigenvalue weighted by Crippen LogP contribution is -2.18. The van der Waals surface area contributed by atoms with Crippen LogP contribution in [0.25, 0.3) is 5.69 Å². The smallest absolute Gasteiger partial charge is 0.229 e. The molecule has 0 amide bonds. The van der Waals surface area contributed by atoms with Crippen molar-refractivity contribution in [2.75, 3.05) is 0 Å². The van der Waals surface area contributed by atoms with E-state index in [0.29, 0.717) is 16.0 Å². The predicted molar refractivity (Wildman–Crippen MR) is 72.7 cm³/mol. The van der Waals surface area contributed by atoms with E-state index in [9.17, 15) is 4.39 Å². The minimum absolute atomic E-state index is 0.224. The van der Waals surface area contributed by atoms with Gasteiger partial charge >= 0.3 is 0 Å². The number of nitrogens with zero attached hydrogens (tertiary/aromatic N) is 3. The largest absolute Gasteiger partial charge is 0.269 e. The minimum Gasteiger partial charge on any atom is -0.269 e. The monoisotopic (exact) mass is 331 g/mol. The normalized spacial score (nSPS) is 11.9. The maximum Gasteiger partial charge on any atom is 0.229 e. The van der Waals surface area contributed by atoms with Gasteiger partial charge in [0.25, 0.3) is 0 Å². The number of hydrogen-bond donors (Lipinski definition) is 0. The molecule has 0 saturated heterocycles. The molecule has 0 unspecified atom stereocenters. The van der Waals surface area contributed by atoms with Gasteiger partial charge in [-0.3, -0.25) is 4.57 Å². The highest BCUT2D eigenvalue weighted by Crippen LogP contribution is 2.28. The van der Waals surface area contributed by atoms with Gasteiger partial charge in [-0.25, -0.2) is 4.39 Å². The summed E-state index contributed by atoms with van der Waals surface area (Å²) in [6.45, 7) is 6.00. The highest BCUT2D eigenvalue weighted by molar-refractivity contribution is 9.10. The van der Waals surface area contributed by atoms with E-state index in [1.807, 2.05) is 20.8 Å². The molecule has 0 aliphatic carbocycles. The molecule has 6 heteroatoms. The molecule has 18 heavy (non-hydrogen) atoms. The summed E-state index contributed by atoms with van der Waals surface area (Å²) in [5.74, 6) is 0.339. The molecule has 96 valence electrons. The van der Waals surface area contributed by atoms with E-state index in [2.05, 4.69) is 26.1 Å². The maximum absolute atomic E-state index is 13.6. The van der Waals surface area contributed by atoms with Crippen LogP contribution in [0, 0.1) is 5.82 Å². The number of hydrogen-bond acceptors (Lipinski definition) is 2. The second-order valence-corrected chi connectivity index (χ2v) is 6.17.